The van der Waals surface area contributed by atoms with Gasteiger partial charge in [-0.25, -0.2) is 9.59 Å². The Hall–Kier alpha value is -3.20. The molecule has 9 heteroatoms. The fraction of sp³-hybridized carbons (Fsp3) is 0.269. The molecular formula is C26H25ClN2O5S. The maximum absolute atomic E-state index is 13.2. The number of halogens is 1. The smallest absolute Gasteiger partial charge is 0.349 e. The van der Waals surface area contributed by atoms with Crippen molar-refractivity contribution in [3.05, 3.63) is 74.5 Å². The van der Waals surface area contributed by atoms with Crippen molar-refractivity contribution >= 4 is 62.4 Å². The summed E-state index contributed by atoms with van der Waals surface area (Å²) in [5.74, 6) is -1.12. The molecule has 0 unspecified atom stereocenters. The highest BCUT2D eigenvalue weighted by molar-refractivity contribution is 7.17. The summed E-state index contributed by atoms with van der Waals surface area (Å²) in [4.78, 5) is 41.9. The second kappa shape index (κ2) is 9.81. The molecule has 0 spiro atoms. The van der Waals surface area contributed by atoms with Gasteiger partial charge in [-0.05, 0) is 48.7 Å². The quantitative estimate of drug-likeness (QED) is 0.229. The molecule has 35 heavy (non-hydrogen) atoms. The minimum Gasteiger partial charge on any atom is -0.465 e. The Balaban J connectivity index is 0.00000289. The van der Waals surface area contributed by atoms with Gasteiger partial charge in [0, 0.05) is 29.4 Å². The fourth-order valence-corrected chi connectivity index (χ4v) is 5.73. The lowest BCUT2D eigenvalue weighted by atomic mass is 10.0. The Morgan fingerprint density at radius 2 is 1.91 bits per heavy atom. The number of hydrogen-bond donors (Lipinski definition) is 1. The minimum atomic E-state index is -0.729. The van der Waals surface area contributed by atoms with Gasteiger partial charge >= 0.3 is 11.6 Å². The van der Waals surface area contributed by atoms with Crippen molar-refractivity contribution in [1.29, 1.82) is 0 Å². The fourth-order valence-electron chi connectivity index (χ4n) is 4.47. The Labute approximate surface area is 212 Å². The van der Waals surface area contributed by atoms with Crippen LogP contribution in [0, 0.1) is 0 Å². The number of nitrogens with zero attached hydrogens (tertiary/aromatic N) is 1. The number of rotatable bonds is 4. The number of ether oxygens (including phenoxy) is 1. The second-order valence-electron chi connectivity index (χ2n) is 8.61. The summed E-state index contributed by atoms with van der Waals surface area (Å²) in [7, 11) is 1.32. The van der Waals surface area contributed by atoms with E-state index in [4.69, 9.17) is 9.15 Å². The summed E-state index contributed by atoms with van der Waals surface area (Å²) < 4.78 is 10.5. The average molecular weight is 513 g/mol. The van der Waals surface area contributed by atoms with E-state index in [1.54, 1.807) is 12.1 Å². The highest BCUT2D eigenvalue weighted by Crippen LogP contribution is 2.38. The van der Waals surface area contributed by atoms with Crippen LogP contribution in [0.3, 0.4) is 0 Å². The number of thiophene rings is 1. The number of carbonyl (C=O) groups excluding carboxylic acids is 2. The van der Waals surface area contributed by atoms with Gasteiger partial charge in [0.05, 0.1) is 12.7 Å². The Bertz CT molecular complexity index is 1510. The van der Waals surface area contributed by atoms with Gasteiger partial charge in [0.15, 0.2) is 0 Å². The largest absolute Gasteiger partial charge is 0.465 e. The SMILES string of the molecule is COC(=O)c1c(NC(=O)c2cc3c(ccc4ccccc43)oc2=O)sc2c1CCN(C(C)C)C2.Cl. The molecule has 1 N–H and O–H groups in total. The first-order chi connectivity index (χ1) is 16.4. The second-order valence-corrected chi connectivity index (χ2v) is 9.72. The molecule has 4 aromatic rings. The molecule has 5 rings (SSSR count). The van der Waals surface area contributed by atoms with Gasteiger partial charge in [-0.1, -0.05) is 30.3 Å². The molecule has 1 aliphatic rings. The van der Waals surface area contributed by atoms with Crippen molar-refractivity contribution in [2.24, 2.45) is 0 Å². The molecule has 3 heterocycles. The van der Waals surface area contributed by atoms with Gasteiger partial charge in [-0.3, -0.25) is 9.69 Å². The zero-order valence-electron chi connectivity index (χ0n) is 19.5. The Morgan fingerprint density at radius 3 is 2.66 bits per heavy atom. The van der Waals surface area contributed by atoms with E-state index in [9.17, 15) is 14.4 Å². The molecule has 0 saturated carbocycles. The first-order valence-corrected chi connectivity index (χ1v) is 11.9. The monoisotopic (exact) mass is 512 g/mol. The zero-order valence-corrected chi connectivity index (χ0v) is 21.2. The lowest BCUT2D eigenvalue weighted by Gasteiger charge is -2.30. The molecule has 0 saturated heterocycles. The third-order valence-corrected chi connectivity index (χ3v) is 7.45. The van der Waals surface area contributed by atoms with E-state index in [0.29, 0.717) is 40.5 Å². The lowest BCUT2D eigenvalue weighted by molar-refractivity contribution is 0.0600. The van der Waals surface area contributed by atoms with Crippen molar-refractivity contribution < 1.29 is 18.7 Å². The van der Waals surface area contributed by atoms with Crippen molar-refractivity contribution in [3.63, 3.8) is 0 Å². The maximum Gasteiger partial charge on any atom is 0.349 e. The lowest BCUT2D eigenvalue weighted by Crippen LogP contribution is -2.35. The molecular weight excluding hydrogens is 488 g/mol. The van der Waals surface area contributed by atoms with Crippen molar-refractivity contribution in [2.45, 2.75) is 32.9 Å². The zero-order chi connectivity index (χ0) is 24.0. The molecule has 1 aliphatic heterocycles. The van der Waals surface area contributed by atoms with Crippen molar-refractivity contribution in [1.82, 2.24) is 4.90 Å². The van der Waals surface area contributed by atoms with Crippen LogP contribution in [-0.2, 0) is 17.7 Å². The van der Waals surface area contributed by atoms with Crippen LogP contribution in [0.15, 0.2) is 51.7 Å². The molecule has 182 valence electrons. The van der Waals surface area contributed by atoms with Gasteiger partial charge in [-0.2, -0.15) is 0 Å². The van der Waals surface area contributed by atoms with Gasteiger partial charge in [0.25, 0.3) is 5.91 Å². The van der Waals surface area contributed by atoms with E-state index in [2.05, 4.69) is 24.1 Å². The number of anilines is 1. The summed E-state index contributed by atoms with van der Waals surface area (Å²) in [6.07, 6.45) is 0.689. The molecule has 7 nitrogen and oxygen atoms in total. The molecule has 0 radical (unpaired) electrons. The predicted molar refractivity (Wildman–Crippen MR) is 140 cm³/mol. The number of amides is 1. The first-order valence-electron chi connectivity index (χ1n) is 11.1. The van der Waals surface area contributed by atoms with E-state index in [0.717, 1.165) is 27.8 Å². The van der Waals surface area contributed by atoms with Crippen LogP contribution in [-0.4, -0.2) is 36.5 Å². The number of carbonyl (C=O) groups is 2. The summed E-state index contributed by atoms with van der Waals surface area (Å²) >= 11 is 1.35. The number of fused-ring (bicyclic) bond motifs is 4. The van der Waals surface area contributed by atoms with Crippen LogP contribution >= 0.6 is 23.7 Å². The molecule has 0 atom stereocenters. The molecule has 1 amide bonds. The highest BCUT2D eigenvalue weighted by Gasteiger charge is 2.30. The van der Waals surface area contributed by atoms with Crippen molar-refractivity contribution in [2.75, 3.05) is 19.0 Å². The summed E-state index contributed by atoms with van der Waals surface area (Å²) in [5, 5.41) is 5.72. The average Bonchev–Trinajstić information content (AvgIpc) is 3.19. The first kappa shape index (κ1) is 24.9. The van der Waals surface area contributed by atoms with Crippen LogP contribution < -0.4 is 10.9 Å². The van der Waals surface area contributed by atoms with Crippen LogP contribution in [0.5, 0.6) is 0 Å². The number of methoxy groups -OCH3 is 1. The van der Waals surface area contributed by atoms with Gasteiger partial charge < -0.3 is 14.5 Å². The number of benzene rings is 2. The molecule has 2 aromatic carbocycles. The summed E-state index contributed by atoms with van der Waals surface area (Å²) in [6.45, 7) is 5.78. The van der Waals surface area contributed by atoms with Crippen LogP contribution in [0.4, 0.5) is 5.00 Å². The number of esters is 1. The third kappa shape index (κ3) is 4.45. The van der Waals surface area contributed by atoms with Crippen LogP contribution in [0.2, 0.25) is 0 Å². The summed E-state index contributed by atoms with van der Waals surface area (Å²) in [6, 6.07) is 13.2. The maximum atomic E-state index is 13.2. The van der Waals surface area contributed by atoms with E-state index in [1.165, 1.54) is 18.4 Å². The minimum absolute atomic E-state index is 0. The van der Waals surface area contributed by atoms with Crippen molar-refractivity contribution in [3.8, 4) is 0 Å². The standard InChI is InChI=1S/C26H24N2O5S.ClH/c1-14(2)28-11-10-17-21(13-28)34-24(22(17)26(31)32-3)27-23(29)19-12-18-16-7-5-4-6-15(16)8-9-20(18)33-25(19)30;/h4-9,12,14H,10-11,13H2,1-3H3,(H,27,29);1H. The van der Waals surface area contributed by atoms with Crippen LogP contribution in [0.25, 0.3) is 21.7 Å². The van der Waals surface area contributed by atoms with Crippen LogP contribution in [0.1, 0.15) is 45.0 Å². The molecule has 0 bridgehead atoms. The van der Waals surface area contributed by atoms with E-state index in [1.807, 2.05) is 30.3 Å². The number of nitrogens with one attached hydrogen (secondary N) is 1. The van der Waals surface area contributed by atoms with E-state index < -0.39 is 17.5 Å². The Kier molecular flexibility index (Phi) is 6.98. The van der Waals surface area contributed by atoms with E-state index >= 15 is 0 Å². The van der Waals surface area contributed by atoms with Gasteiger partial charge in [-0.15, -0.1) is 23.7 Å². The normalized spacial score (nSPS) is 13.5. The van der Waals surface area contributed by atoms with Gasteiger partial charge in [0.2, 0.25) is 0 Å². The third-order valence-electron chi connectivity index (χ3n) is 6.32. The predicted octanol–water partition coefficient (Wildman–Crippen LogP) is 5.23. The number of hydrogen-bond acceptors (Lipinski definition) is 7. The Morgan fingerprint density at radius 1 is 1.14 bits per heavy atom. The topological polar surface area (TPSA) is 88.8 Å². The molecule has 0 aliphatic carbocycles. The molecule has 0 fully saturated rings. The van der Waals surface area contributed by atoms with Gasteiger partial charge in [0.1, 0.15) is 16.1 Å². The molecule has 2 aromatic heterocycles. The summed E-state index contributed by atoms with van der Waals surface area (Å²) in [5.41, 5.74) is 0.841. The highest BCUT2D eigenvalue weighted by atomic mass is 35.5. The van der Waals surface area contributed by atoms with E-state index in [-0.39, 0.29) is 18.0 Å².